The molecule has 33 heavy (non-hydrogen) atoms. The van der Waals surface area contributed by atoms with Crippen LogP contribution in [-0.2, 0) is 4.79 Å². The minimum absolute atomic E-state index is 0.324. The monoisotopic (exact) mass is 456 g/mol. The first-order valence-electron chi connectivity index (χ1n) is 10.9. The number of nitrogens with one attached hydrogen (secondary N) is 4. The molecule has 0 fully saturated rings. The van der Waals surface area contributed by atoms with E-state index in [2.05, 4.69) is 45.0 Å². The Morgan fingerprint density at radius 2 is 1.79 bits per heavy atom. The van der Waals surface area contributed by atoms with E-state index in [1.54, 1.807) is 36.5 Å². The van der Waals surface area contributed by atoms with Crippen LogP contribution >= 0.6 is 0 Å². The van der Waals surface area contributed by atoms with Gasteiger partial charge in [-0.3, -0.25) is 15.4 Å². The summed E-state index contributed by atoms with van der Waals surface area (Å²) in [5.41, 5.74) is 1.29. The molecule has 1 aromatic heterocycles. The Hall–Kier alpha value is -3.66. The van der Waals surface area contributed by atoms with Gasteiger partial charge in [-0.2, -0.15) is 0 Å². The second kappa shape index (κ2) is 13.0. The zero-order chi connectivity index (χ0) is 24.2. The SMILES string of the molecule is CCN(CC)CCCNC(=O)Nc1cc(Oc2ccc(NC(=O)NC(C)=O)cc2C)ccn1. The van der Waals surface area contributed by atoms with E-state index >= 15 is 0 Å². The quantitative estimate of drug-likeness (QED) is 0.404. The Morgan fingerprint density at radius 1 is 1.03 bits per heavy atom. The molecule has 0 aliphatic rings. The average Bonchev–Trinajstić information content (AvgIpc) is 2.75. The molecular formula is C23H32N6O4. The molecule has 0 aliphatic carbocycles. The van der Waals surface area contributed by atoms with Crippen LogP contribution in [-0.4, -0.2) is 54.0 Å². The highest BCUT2D eigenvalue weighted by molar-refractivity contribution is 6.00. The molecule has 0 saturated heterocycles. The number of nitrogens with zero attached hydrogens (tertiary/aromatic N) is 2. The summed E-state index contributed by atoms with van der Waals surface area (Å²) in [6.07, 6.45) is 2.41. The number of amides is 5. The van der Waals surface area contributed by atoms with E-state index in [1.807, 2.05) is 6.92 Å². The first-order chi connectivity index (χ1) is 15.8. The van der Waals surface area contributed by atoms with E-state index in [9.17, 15) is 14.4 Å². The summed E-state index contributed by atoms with van der Waals surface area (Å²) in [7, 11) is 0. The molecule has 1 aromatic carbocycles. The number of pyridine rings is 1. The van der Waals surface area contributed by atoms with Crippen molar-refractivity contribution in [2.75, 3.05) is 36.8 Å². The van der Waals surface area contributed by atoms with Gasteiger partial charge in [-0.05, 0) is 62.8 Å². The van der Waals surface area contributed by atoms with E-state index in [0.717, 1.165) is 31.6 Å². The fourth-order valence-electron chi connectivity index (χ4n) is 3.04. The summed E-state index contributed by atoms with van der Waals surface area (Å²) in [5.74, 6) is 0.996. The number of carbonyl (C=O) groups excluding carboxylic acids is 3. The molecule has 178 valence electrons. The van der Waals surface area contributed by atoms with Gasteiger partial charge in [-0.1, -0.05) is 13.8 Å². The van der Waals surface area contributed by atoms with Gasteiger partial charge in [0.25, 0.3) is 0 Å². The standard InChI is InChI=1S/C23H32N6O4/c1-5-29(6-2)13-7-11-25-22(31)28-21-15-19(10-12-24-21)33-20-9-8-18(14-16(20)3)27-23(32)26-17(4)30/h8-10,12,14-15H,5-7,11,13H2,1-4H3,(H2,24,25,28,31)(H2,26,27,30,32). The number of carbonyl (C=O) groups is 3. The molecule has 10 nitrogen and oxygen atoms in total. The number of rotatable bonds is 10. The normalized spacial score (nSPS) is 10.5. The van der Waals surface area contributed by atoms with E-state index in [-0.39, 0.29) is 6.03 Å². The van der Waals surface area contributed by atoms with Gasteiger partial charge < -0.3 is 20.3 Å². The summed E-state index contributed by atoms with van der Waals surface area (Å²) in [6.45, 7) is 10.8. The van der Waals surface area contributed by atoms with Crippen LogP contribution < -0.4 is 26.0 Å². The smallest absolute Gasteiger partial charge is 0.325 e. The van der Waals surface area contributed by atoms with Gasteiger partial charge in [0.05, 0.1) is 0 Å². The van der Waals surface area contributed by atoms with Gasteiger partial charge in [0.2, 0.25) is 5.91 Å². The van der Waals surface area contributed by atoms with Crippen LogP contribution in [0.25, 0.3) is 0 Å². The fourth-order valence-corrected chi connectivity index (χ4v) is 3.04. The third-order valence-electron chi connectivity index (χ3n) is 4.75. The third-order valence-corrected chi connectivity index (χ3v) is 4.75. The molecule has 0 saturated carbocycles. The van der Waals surface area contributed by atoms with Gasteiger partial charge in [0, 0.05) is 31.4 Å². The van der Waals surface area contributed by atoms with Crippen LogP contribution in [0.2, 0.25) is 0 Å². The molecule has 0 bridgehead atoms. The number of benzene rings is 1. The molecule has 0 atom stereocenters. The van der Waals surface area contributed by atoms with Gasteiger partial charge in [-0.15, -0.1) is 0 Å². The van der Waals surface area contributed by atoms with Crippen LogP contribution in [0.5, 0.6) is 11.5 Å². The third kappa shape index (κ3) is 9.16. The maximum atomic E-state index is 12.1. The number of urea groups is 2. The highest BCUT2D eigenvalue weighted by atomic mass is 16.5. The largest absolute Gasteiger partial charge is 0.457 e. The van der Waals surface area contributed by atoms with Crippen molar-refractivity contribution >= 4 is 29.5 Å². The van der Waals surface area contributed by atoms with E-state index in [0.29, 0.717) is 29.5 Å². The number of ether oxygens (including phenoxy) is 1. The summed E-state index contributed by atoms with van der Waals surface area (Å²) < 4.78 is 5.91. The maximum Gasteiger partial charge on any atom is 0.325 e. The number of aryl methyl sites for hydroxylation is 1. The molecule has 0 spiro atoms. The molecule has 2 aromatic rings. The Morgan fingerprint density at radius 3 is 2.45 bits per heavy atom. The fraction of sp³-hybridized carbons (Fsp3) is 0.391. The maximum absolute atomic E-state index is 12.1. The van der Waals surface area contributed by atoms with Crippen LogP contribution in [0.3, 0.4) is 0 Å². The Labute approximate surface area is 194 Å². The van der Waals surface area contributed by atoms with Crippen LogP contribution in [0.4, 0.5) is 21.1 Å². The van der Waals surface area contributed by atoms with Crippen molar-refractivity contribution in [3.63, 3.8) is 0 Å². The van der Waals surface area contributed by atoms with Gasteiger partial charge in [0.1, 0.15) is 17.3 Å². The minimum Gasteiger partial charge on any atom is -0.457 e. The van der Waals surface area contributed by atoms with Gasteiger partial charge >= 0.3 is 12.1 Å². The van der Waals surface area contributed by atoms with Crippen molar-refractivity contribution in [1.82, 2.24) is 20.5 Å². The first-order valence-corrected chi connectivity index (χ1v) is 10.9. The molecule has 0 unspecified atom stereocenters. The summed E-state index contributed by atoms with van der Waals surface area (Å²) in [6, 6.07) is 7.46. The lowest BCUT2D eigenvalue weighted by atomic mass is 10.2. The molecule has 10 heteroatoms. The van der Waals surface area contributed by atoms with Gasteiger partial charge in [-0.25, -0.2) is 14.6 Å². The molecule has 1 heterocycles. The molecule has 5 amide bonds. The van der Waals surface area contributed by atoms with Crippen molar-refractivity contribution in [3.8, 4) is 11.5 Å². The lowest BCUT2D eigenvalue weighted by molar-refractivity contribution is -0.117. The zero-order valence-corrected chi connectivity index (χ0v) is 19.5. The molecular weight excluding hydrogens is 424 g/mol. The van der Waals surface area contributed by atoms with E-state index in [4.69, 9.17) is 4.74 Å². The Bertz CT molecular complexity index is 962. The average molecular weight is 457 g/mol. The van der Waals surface area contributed by atoms with Crippen molar-refractivity contribution < 1.29 is 19.1 Å². The summed E-state index contributed by atoms with van der Waals surface area (Å²) in [4.78, 5) is 41.2. The summed E-state index contributed by atoms with van der Waals surface area (Å²) in [5, 5.41) is 10.3. The Balaban J connectivity index is 1.89. The molecule has 0 radical (unpaired) electrons. The highest BCUT2D eigenvalue weighted by Crippen LogP contribution is 2.28. The van der Waals surface area contributed by atoms with Crippen molar-refractivity contribution in [3.05, 3.63) is 42.1 Å². The predicted molar refractivity (Wildman–Crippen MR) is 128 cm³/mol. The number of hydrogen-bond donors (Lipinski definition) is 4. The lowest BCUT2D eigenvalue weighted by Crippen LogP contribution is -2.32. The number of aromatic nitrogens is 1. The number of anilines is 2. The lowest BCUT2D eigenvalue weighted by Gasteiger charge is -2.17. The molecule has 2 rings (SSSR count). The molecule has 0 aliphatic heterocycles. The number of hydrogen-bond acceptors (Lipinski definition) is 6. The van der Waals surface area contributed by atoms with Crippen LogP contribution in [0.15, 0.2) is 36.5 Å². The predicted octanol–water partition coefficient (Wildman–Crippen LogP) is 3.70. The van der Waals surface area contributed by atoms with Crippen LogP contribution in [0.1, 0.15) is 32.8 Å². The van der Waals surface area contributed by atoms with Crippen molar-refractivity contribution in [2.24, 2.45) is 0 Å². The van der Waals surface area contributed by atoms with Crippen molar-refractivity contribution in [2.45, 2.75) is 34.1 Å². The first kappa shape index (κ1) is 25.6. The zero-order valence-electron chi connectivity index (χ0n) is 19.5. The second-order valence-electron chi connectivity index (χ2n) is 7.36. The summed E-state index contributed by atoms with van der Waals surface area (Å²) >= 11 is 0. The van der Waals surface area contributed by atoms with E-state index in [1.165, 1.54) is 6.92 Å². The van der Waals surface area contributed by atoms with Crippen molar-refractivity contribution in [1.29, 1.82) is 0 Å². The van der Waals surface area contributed by atoms with Gasteiger partial charge in [0.15, 0.2) is 0 Å². The minimum atomic E-state index is -0.605. The van der Waals surface area contributed by atoms with E-state index < -0.39 is 11.9 Å². The highest BCUT2D eigenvalue weighted by Gasteiger charge is 2.09. The Kier molecular flexibility index (Phi) is 10.1. The van der Waals surface area contributed by atoms with Crippen LogP contribution in [0, 0.1) is 6.92 Å². The second-order valence-corrected chi connectivity index (χ2v) is 7.36. The topological polar surface area (TPSA) is 125 Å². The molecule has 4 N–H and O–H groups in total. The number of imide groups is 1.